The first-order chi connectivity index (χ1) is 16.2. The van der Waals surface area contributed by atoms with Crippen LogP contribution in [0.2, 0.25) is 0 Å². The minimum atomic E-state index is -0.419. The largest absolute Gasteiger partial charge is 0.449 e. The topological polar surface area (TPSA) is 77.2 Å². The molecule has 0 saturated heterocycles. The highest BCUT2D eigenvalue weighted by molar-refractivity contribution is 7.13. The lowest BCUT2D eigenvalue weighted by molar-refractivity contribution is 0.144. The standard InChI is InChI=1S/C27H23N3O2S/c28-26-30-25(17-33-26)19-13-11-18(12-14-19)6-5-15-29-27(31)32-16-24-22-9-3-1-7-20(22)21-8-2-4-10-23(21)24/h1-14,17,24H,15-16H2,(H2,28,30)(H,29,31). The zero-order valence-electron chi connectivity index (χ0n) is 17.9. The minimum Gasteiger partial charge on any atom is -0.449 e. The quantitative estimate of drug-likeness (QED) is 0.378. The van der Waals surface area contributed by atoms with Crippen LogP contribution in [0, 0.1) is 0 Å². The zero-order chi connectivity index (χ0) is 22.6. The summed E-state index contributed by atoms with van der Waals surface area (Å²) in [5.41, 5.74) is 13.5. The first kappa shape index (κ1) is 21.0. The van der Waals surface area contributed by atoms with Crippen LogP contribution in [0.25, 0.3) is 28.5 Å². The SMILES string of the molecule is Nc1nc(-c2ccc(C=CCNC(=O)OCC3c4ccccc4-c4ccccc43)cc2)cs1. The van der Waals surface area contributed by atoms with E-state index in [9.17, 15) is 4.79 Å². The van der Waals surface area contributed by atoms with Crippen molar-refractivity contribution in [1.29, 1.82) is 0 Å². The predicted octanol–water partition coefficient (Wildman–Crippen LogP) is 5.94. The Kier molecular flexibility index (Phi) is 5.91. The van der Waals surface area contributed by atoms with Crippen LogP contribution in [0.1, 0.15) is 22.6 Å². The molecule has 0 atom stereocenters. The Morgan fingerprint density at radius 1 is 1.00 bits per heavy atom. The lowest BCUT2D eigenvalue weighted by atomic mass is 9.98. The smallest absolute Gasteiger partial charge is 0.407 e. The molecule has 4 aromatic rings. The number of carbonyl (C=O) groups is 1. The van der Waals surface area contributed by atoms with Gasteiger partial charge >= 0.3 is 6.09 Å². The summed E-state index contributed by atoms with van der Waals surface area (Å²) < 4.78 is 5.56. The Hall–Kier alpha value is -3.90. The lowest BCUT2D eigenvalue weighted by Gasteiger charge is -2.14. The molecular weight excluding hydrogens is 430 g/mol. The number of amides is 1. The highest BCUT2D eigenvalue weighted by Gasteiger charge is 2.28. The average Bonchev–Trinajstić information content (AvgIpc) is 3.42. The number of hydrogen-bond acceptors (Lipinski definition) is 5. The molecule has 0 spiro atoms. The second kappa shape index (κ2) is 9.30. The predicted molar refractivity (Wildman–Crippen MR) is 134 cm³/mol. The van der Waals surface area contributed by atoms with Crippen LogP contribution < -0.4 is 11.1 Å². The highest BCUT2D eigenvalue weighted by Crippen LogP contribution is 2.44. The van der Waals surface area contributed by atoms with E-state index in [-0.39, 0.29) is 5.92 Å². The van der Waals surface area contributed by atoms with Crippen molar-refractivity contribution in [1.82, 2.24) is 10.3 Å². The Morgan fingerprint density at radius 3 is 2.30 bits per heavy atom. The number of nitrogen functional groups attached to an aromatic ring is 1. The van der Waals surface area contributed by atoms with Crippen LogP contribution in [0.5, 0.6) is 0 Å². The van der Waals surface area contributed by atoms with E-state index in [1.165, 1.54) is 33.6 Å². The lowest BCUT2D eigenvalue weighted by Crippen LogP contribution is -2.26. The number of nitrogens with zero attached hydrogens (tertiary/aromatic N) is 1. The van der Waals surface area contributed by atoms with E-state index in [0.29, 0.717) is 18.3 Å². The van der Waals surface area contributed by atoms with Crippen molar-refractivity contribution >= 4 is 28.6 Å². The van der Waals surface area contributed by atoms with Gasteiger partial charge in [0.1, 0.15) is 6.61 Å². The monoisotopic (exact) mass is 453 g/mol. The van der Waals surface area contributed by atoms with Crippen molar-refractivity contribution in [3.8, 4) is 22.4 Å². The summed E-state index contributed by atoms with van der Waals surface area (Å²) in [7, 11) is 0. The number of aromatic nitrogens is 1. The molecule has 1 amide bonds. The average molecular weight is 454 g/mol. The Bertz CT molecular complexity index is 1270. The van der Waals surface area contributed by atoms with Crippen molar-refractivity contribution in [3.63, 3.8) is 0 Å². The Labute approximate surface area is 196 Å². The molecule has 3 aromatic carbocycles. The molecule has 1 aliphatic carbocycles. The molecule has 0 fully saturated rings. The molecule has 5 nitrogen and oxygen atoms in total. The minimum absolute atomic E-state index is 0.0604. The third-order valence-electron chi connectivity index (χ3n) is 5.75. The summed E-state index contributed by atoms with van der Waals surface area (Å²) in [5, 5.41) is 5.30. The van der Waals surface area contributed by atoms with E-state index in [1.807, 2.05) is 66.1 Å². The van der Waals surface area contributed by atoms with Crippen LogP contribution in [0.15, 0.2) is 84.3 Å². The number of thiazole rings is 1. The number of carbonyl (C=O) groups excluding carboxylic acids is 1. The fourth-order valence-electron chi connectivity index (χ4n) is 4.17. The van der Waals surface area contributed by atoms with Crippen LogP contribution in [0.3, 0.4) is 0 Å². The van der Waals surface area contributed by atoms with Crippen LogP contribution in [-0.4, -0.2) is 24.2 Å². The van der Waals surface area contributed by atoms with E-state index >= 15 is 0 Å². The molecule has 0 unspecified atom stereocenters. The number of nitrogens with one attached hydrogen (secondary N) is 1. The number of nitrogens with two attached hydrogens (primary N) is 1. The van der Waals surface area contributed by atoms with E-state index in [2.05, 4.69) is 34.6 Å². The molecule has 6 heteroatoms. The first-order valence-electron chi connectivity index (χ1n) is 10.8. The van der Waals surface area contributed by atoms with Crippen molar-refractivity contribution < 1.29 is 9.53 Å². The summed E-state index contributed by atoms with van der Waals surface area (Å²) in [6.07, 6.45) is 3.44. The highest BCUT2D eigenvalue weighted by atomic mass is 32.1. The van der Waals surface area contributed by atoms with E-state index in [4.69, 9.17) is 10.5 Å². The van der Waals surface area contributed by atoms with Gasteiger partial charge in [-0.2, -0.15) is 0 Å². The van der Waals surface area contributed by atoms with Crippen molar-refractivity contribution in [3.05, 3.63) is 101 Å². The number of benzene rings is 3. The molecule has 0 saturated carbocycles. The number of ether oxygens (including phenoxy) is 1. The number of alkyl carbamates (subject to hydrolysis) is 1. The van der Waals surface area contributed by atoms with Gasteiger partial charge in [-0.05, 0) is 27.8 Å². The number of rotatable bonds is 6. The van der Waals surface area contributed by atoms with Crippen molar-refractivity contribution in [2.45, 2.75) is 5.92 Å². The van der Waals surface area contributed by atoms with Gasteiger partial charge in [-0.1, -0.05) is 84.9 Å². The van der Waals surface area contributed by atoms with Gasteiger partial charge in [0.25, 0.3) is 0 Å². The van der Waals surface area contributed by atoms with Gasteiger partial charge in [0.15, 0.2) is 5.13 Å². The molecule has 1 aromatic heterocycles. The molecular formula is C27H23N3O2S. The van der Waals surface area contributed by atoms with Gasteiger partial charge in [-0.3, -0.25) is 0 Å². The molecule has 3 N–H and O–H groups in total. The fourth-order valence-corrected chi connectivity index (χ4v) is 4.74. The summed E-state index contributed by atoms with van der Waals surface area (Å²) in [6, 6.07) is 24.6. The summed E-state index contributed by atoms with van der Waals surface area (Å²) in [6.45, 7) is 0.702. The molecule has 0 bridgehead atoms. The Morgan fingerprint density at radius 2 is 1.67 bits per heavy atom. The van der Waals surface area contributed by atoms with Crippen molar-refractivity contribution in [2.75, 3.05) is 18.9 Å². The summed E-state index contributed by atoms with van der Waals surface area (Å²) in [4.78, 5) is 16.5. The van der Waals surface area contributed by atoms with Gasteiger partial charge in [-0.15, -0.1) is 11.3 Å². The molecule has 0 radical (unpaired) electrons. The van der Waals surface area contributed by atoms with Crippen LogP contribution in [-0.2, 0) is 4.74 Å². The van der Waals surface area contributed by atoms with E-state index < -0.39 is 6.09 Å². The van der Waals surface area contributed by atoms with E-state index in [0.717, 1.165) is 16.8 Å². The van der Waals surface area contributed by atoms with Gasteiger partial charge < -0.3 is 15.8 Å². The molecule has 0 aliphatic heterocycles. The molecule has 33 heavy (non-hydrogen) atoms. The third kappa shape index (κ3) is 4.52. The molecule has 5 rings (SSSR count). The zero-order valence-corrected chi connectivity index (χ0v) is 18.7. The molecule has 1 heterocycles. The summed E-state index contributed by atoms with van der Waals surface area (Å²) in [5.74, 6) is 0.0604. The number of fused-ring (bicyclic) bond motifs is 3. The molecule has 164 valence electrons. The maximum Gasteiger partial charge on any atom is 0.407 e. The third-order valence-corrected chi connectivity index (χ3v) is 6.42. The number of anilines is 1. The van der Waals surface area contributed by atoms with Crippen LogP contribution >= 0.6 is 11.3 Å². The number of hydrogen-bond donors (Lipinski definition) is 2. The second-order valence-electron chi connectivity index (χ2n) is 7.80. The van der Waals surface area contributed by atoms with Crippen molar-refractivity contribution in [2.24, 2.45) is 0 Å². The normalized spacial score (nSPS) is 12.5. The van der Waals surface area contributed by atoms with Gasteiger partial charge in [0.05, 0.1) is 5.69 Å². The first-order valence-corrected chi connectivity index (χ1v) is 11.6. The second-order valence-corrected chi connectivity index (χ2v) is 8.69. The summed E-state index contributed by atoms with van der Waals surface area (Å²) >= 11 is 1.43. The van der Waals surface area contributed by atoms with Gasteiger partial charge in [-0.25, -0.2) is 9.78 Å². The van der Waals surface area contributed by atoms with Crippen LogP contribution in [0.4, 0.5) is 9.93 Å². The van der Waals surface area contributed by atoms with E-state index in [1.54, 1.807) is 0 Å². The van der Waals surface area contributed by atoms with Gasteiger partial charge in [0.2, 0.25) is 0 Å². The Balaban J connectivity index is 1.13. The fraction of sp³-hybridized carbons (Fsp3) is 0.111. The van der Waals surface area contributed by atoms with Gasteiger partial charge in [0, 0.05) is 23.4 Å². The maximum absolute atomic E-state index is 12.3. The maximum atomic E-state index is 12.3. The molecule has 1 aliphatic rings.